The summed E-state index contributed by atoms with van der Waals surface area (Å²) in [5.41, 5.74) is 0.806. The summed E-state index contributed by atoms with van der Waals surface area (Å²) in [4.78, 5) is 13.3. The fraction of sp³-hybridized carbons (Fsp3) is 0.286. The normalized spacial score (nSPS) is 9.75. The average Bonchev–Trinajstić information content (AvgIpc) is 2.01. The van der Waals surface area contributed by atoms with Gasteiger partial charge in [0.05, 0.1) is 0 Å². The summed E-state index contributed by atoms with van der Waals surface area (Å²) in [6.45, 7) is 5.65. The van der Waals surface area contributed by atoms with E-state index < -0.39 is 0 Å². The third-order valence-corrected chi connectivity index (χ3v) is 2.10. The Balaban J connectivity index is 2.64. The van der Waals surface area contributed by atoms with Gasteiger partial charge in [0, 0.05) is 5.75 Å². The minimum Gasteiger partial charge on any atom is -0.299 e. The predicted molar refractivity (Wildman–Crippen MR) is 48.2 cm³/mol. The second kappa shape index (κ2) is 4.06. The van der Waals surface area contributed by atoms with Gasteiger partial charge in [-0.05, 0) is 6.92 Å². The van der Waals surface area contributed by atoms with Gasteiger partial charge in [-0.15, -0.1) is 5.10 Å². The van der Waals surface area contributed by atoms with E-state index in [9.17, 15) is 4.79 Å². The second-order valence-corrected chi connectivity index (χ2v) is 3.35. The lowest BCUT2D eigenvalue weighted by molar-refractivity contribution is 0.818. The topological polar surface area (TPSA) is 58.6 Å². The van der Waals surface area contributed by atoms with Gasteiger partial charge in [0.15, 0.2) is 5.16 Å². The van der Waals surface area contributed by atoms with E-state index >= 15 is 0 Å². The molecule has 1 aromatic heterocycles. The van der Waals surface area contributed by atoms with Crippen LogP contribution in [0.3, 0.4) is 0 Å². The van der Waals surface area contributed by atoms with Crippen molar-refractivity contribution in [3.05, 3.63) is 28.7 Å². The zero-order chi connectivity index (χ0) is 8.97. The summed E-state index contributed by atoms with van der Waals surface area (Å²) in [5, 5.41) is 7.78. The van der Waals surface area contributed by atoms with Crippen molar-refractivity contribution in [2.45, 2.75) is 12.1 Å². The number of thioether (sulfide) groups is 1. The molecule has 1 rings (SSSR count). The monoisotopic (exact) mass is 183 g/mol. The number of hydrogen-bond donors (Lipinski definition) is 1. The molecule has 0 aliphatic carbocycles. The van der Waals surface area contributed by atoms with Crippen LogP contribution in [-0.4, -0.2) is 20.9 Å². The Kier molecular flexibility index (Phi) is 3.04. The van der Waals surface area contributed by atoms with Gasteiger partial charge in [0.2, 0.25) is 0 Å². The summed E-state index contributed by atoms with van der Waals surface area (Å²) < 4.78 is 0. The third kappa shape index (κ3) is 2.87. The summed E-state index contributed by atoms with van der Waals surface area (Å²) in [7, 11) is 0. The van der Waals surface area contributed by atoms with Crippen molar-refractivity contribution in [1.29, 1.82) is 0 Å². The summed E-state index contributed by atoms with van der Waals surface area (Å²) in [6, 6.07) is 0. The highest BCUT2D eigenvalue weighted by Crippen LogP contribution is 2.11. The Morgan fingerprint density at radius 2 is 2.58 bits per heavy atom. The van der Waals surface area contributed by atoms with E-state index in [1.165, 1.54) is 11.8 Å². The van der Waals surface area contributed by atoms with Gasteiger partial charge in [-0.2, -0.15) is 5.10 Å². The highest BCUT2D eigenvalue weighted by Gasteiger charge is 1.96. The smallest absolute Gasteiger partial charge is 0.270 e. The number of aromatic nitrogens is 3. The molecule has 64 valence electrons. The van der Waals surface area contributed by atoms with Crippen LogP contribution in [0.5, 0.6) is 0 Å². The van der Waals surface area contributed by atoms with Crippen LogP contribution in [0.4, 0.5) is 0 Å². The van der Waals surface area contributed by atoms with Crippen molar-refractivity contribution in [2.75, 3.05) is 5.75 Å². The van der Waals surface area contributed by atoms with Crippen molar-refractivity contribution in [3.63, 3.8) is 0 Å². The fourth-order valence-corrected chi connectivity index (χ4v) is 1.21. The molecule has 0 fully saturated rings. The number of hydrogen-bond acceptors (Lipinski definition) is 4. The maximum Gasteiger partial charge on any atom is 0.270 e. The van der Waals surface area contributed by atoms with E-state index in [1.807, 2.05) is 6.92 Å². The van der Waals surface area contributed by atoms with Crippen LogP contribution in [-0.2, 0) is 0 Å². The number of H-pyrrole nitrogens is 1. The van der Waals surface area contributed by atoms with Crippen molar-refractivity contribution >= 4 is 11.8 Å². The zero-order valence-electron chi connectivity index (χ0n) is 6.70. The lowest BCUT2D eigenvalue weighted by atomic mass is 10.4. The van der Waals surface area contributed by atoms with Gasteiger partial charge < -0.3 is 0 Å². The van der Waals surface area contributed by atoms with Gasteiger partial charge >= 0.3 is 0 Å². The van der Waals surface area contributed by atoms with E-state index in [-0.39, 0.29) is 5.56 Å². The van der Waals surface area contributed by atoms with E-state index in [0.29, 0.717) is 5.16 Å². The molecule has 1 heterocycles. The van der Waals surface area contributed by atoms with Crippen molar-refractivity contribution < 1.29 is 0 Å². The minimum absolute atomic E-state index is 0.228. The molecule has 5 heteroatoms. The first kappa shape index (κ1) is 8.99. The predicted octanol–water partition coefficient (Wildman–Crippen LogP) is 0.833. The Morgan fingerprint density at radius 1 is 1.83 bits per heavy atom. The number of nitrogens with one attached hydrogen (secondary N) is 1. The molecule has 0 aliphatic heterocycles. The number of rotatable bonds is 3. The molecule has 0 amide bonds. The molecule has 0 aromatic carbocycles. The quantitative estimate of drug-likeness (QED) is 0.557. The van der Waals surface area contributed by atoms with Crippen LogP contribution in [0.15, 0.2) is 28.3 Å². The SMILES string of the molecule is C=C(C)CSc1nncc(=O)[nH]1. The standard InChI is InChI=1S/C7H9N3OS/c1-5(2)4-12-7-9-6(11)3-8-10-7/h3H,1,4H2,2H3,(H,9,10,11). The molecule has 0 unspecified atom stereocenters. The first-order valence-electron chi connectivity index (χ1n) is 3.37. The molecule has 0 aliphatic rings. The second-order valence-electron chi connectivity index (χ2n) is 2.38. The Morgan fingerprint density at radius 3 is 3.17 bits per heavy atom. The van der Waals surface area contributed by atoms with Crippen LogP contribution < -0.4 is 5.56 Å². The summed E-state index contributed by atoms with van der Waals surface area (Å²) in [5.74, 6) is 0.745. The Hall–Kier alpha value is -1.10. The lowest BCUT2D eigenvalue weighted by Crippen LogP contribution is -2.08. The maximum absolute atomic E-state index is 10.7. The number of aromatic amines is 1. The Labute approximate surface area is 74.1 Å². The van der Waals surface area contributed by atoms with Gasteiger partial charge in [0.25, 0.3) is 5.56 Å². The molecule has 0 bridgehead atoms. The molecule has 0 radical (unpaired) electrons. The van der Waals surface area contributed by atoms with E-state index in [2.05, 4.69) is 21.8 Å². The molecule has 1 N–H and O–H groups in total. The van der Waals surface area contributed by atoms with Gasteiger partial charge in [-0.25, -0.2) is 0 Å². The molecule has 0 spiro atoms. The minimum atomic E-state index is -0.228. The third-order valence-electron chi connectivity index (χ3n) is 1.01. The van der Waals surface area contributed by atoms with Crippen molar-refractivity contribution in [3.8, 4) is 0 Å². The number of nitrogens with zero attached hydrogens (tertiary/aromatic N) is 2. The first-order chi connectivity index (χ1) is 5.68. The molecule has 12 heavy (non-hydrogen) atoms. The lowest BCUT2D eigenvalue weighted by Gasteiger charge is -1.96. The van der Waals surface area contributed by atoms with Gasteiger partial charge in [0.1, 0.15) is 6.20 Å². The van der Waals surface area contributed by atoms with E-state index in [1.54, 1.807) is 0 Å². The van der Waals surface area contributed by atoms with E-state index in [0.717, 1.165) is 17.5 Å². The highest BCUT2D eigenvalue weighted by atomic mass is 32.2. The van der Waals surface area contributed by atoms with Crippen molar-refractivity contribution in [2.24, 2.45) is 0 Å². The van der Waals surface area contributed by atoms with Crippen LogP contribution in [0.1, 0.15) is 6.92 Å². The molecule has 4 nitrogen and oxygen atoms in total. The highest BCUT2D eigenvalue weighted by molar-refractivity contribution is 7.99. The van der Waals surface area contributed by atoms with Crippen LogP contribution in [0, 0.1) is 0 Å². The molecule has 0 atom stereocenters. The van der Waals surface area contributed by atoms with Crippen LogP contribution in [0.2, 0.25) is 0 Å². The van der Waals surface area contributed by atoms with Crippen LogP contribution in [0.25, 0.3) is 0 Å². The fourth-order valence-electron chi connectivity index (χ4n) is 0.553. The largest absolute Gasteiger partial charge is 0.299 e. The molecular formula is C7H9N3OS. The molecule has 1 aromatic rings. The summed E-state index contributed by atoms with van der Waals surface area (Å²) in [6.07, 6.45) is 1.14. The molecule has 0 saturated carbocycles. The Bertz CT molecular complexity index is 333. The first-order valence-corrected chi connectivity index (χ1v) is 4.36. The average molecular weight is 183 g/mol. The van der Waals surface area contributed by atoms with Gasteiger partial charge in [-0.3, -0.25) is 9.78 Å². The van der Waals surface area contributed by atoms with Crippen LogP contribution >= 0.6 is 11.8 Å². The zero-order valence-corrected chi connectivity index (χ0v) is 7.52. The van der Waals surface area contributed by atoms with E-state index in [4.69, 9.17) is 0 Å². The van der Waals surface area contributed by atoms with Gasteiger partial charge in [-0.1, -0.05) is 23.9 Å². The molecular weight excluding hydrogens is 174 g/mol. The summed E-state index contributed by atoms with van der Waals surface area (Å²) >= 11 is 1.41. The molecule has 0 saturated heterocycles. The maximum atomic E-state index is 10.7. The van der Waals surface area contributed by atoms with Crippen molar-refractivity contribution in [1.82, 2.24) is 15.2 Å².